The number of hydrogen-bond acceptors (Lipinski definition) is 5. The summed E-state index contributed by atoms with van der Waals surface area (Å²) in [6, 6.07) is 14.2. The lowest BCUT2D eigenvalue weighted by atomic mass is 9.92. The molecule has 0 spiro atoms. The summed E-state index contributed by atoms with van der Waals surface area (Å²) >= 11 is 6.38. The lowest BCUT2D eigenvalue weighted by Crippen LogP contribution is -2.14. The number of hydrogen-bond donors (Lipinski definition) is 3. The second-order valence-electron chi connectivity index (χ2n) is 11.5. The largest absolute Gasteiger partial charge is 0.505 e. The van der Waals surface area contributed by atoms with Gasteiger partial charge in [0.05, 0.1) is 10.5 Å². The number of para-hydroxylation sites is 1. The van der Waals surface area contributed by atoms with Crippen molar-refractivity contribution >= 4 is 76.3 Å². The number of rotatable bonds is 16. The van der Waals surface area contributed by atoms with Crippen LogP contribution in [0, 0.1) is 0 Å². The van der Waals surface area contributed by atoms with E-state index in [-0.39, 0.29) is 43.0 Å². The number of nitrogens with zero attached hydrogens (tertiary/aromatic N) is 2. The number of phenols is 1. The van der Waals surface area contributed by atoms with E-state index in [2.05, 4.69) is 39.9 Å². The Bertz CT molecular complexity index is 1440. The van der Waals surface area contributed by atoms with E-state index in [1.54, 1.807) is 6.20 Å². The van der Waals surface area contributed by atoms with Crippen molar-refractivity contribution in [3.05, 3.63) is 70.5 Å². The average Bonchev–Trinajstić information content (AvgIpc) is 3.01. The zero-order chi connectivity index (χ0) is 28.3. The van der Waals surface area contributed by atoms with Crippen molar-refractivity contribution in [1.82, 2.24) is 15.3 Å². The number of aryl methyl sites for hydroxylation is 1. The standard InChI is InChI=1S/C35H45ClN4O.3ClH/c36-30-24-26(35(41)34-27(30)18-15-23-39-34)25-37-21-13-7-5-3-1-2-4-6-8-14-22-38-33-28-16-9-11-19-31(28)40-32-20-12-10-17-29(32)33;;;/h9,11,15-16,18-19,23-24,37,41H,1-8,10,12-14,17,20-22,25H2,(H,38,40);3*1H. The van der Waals surface area contributed by atoms with Crippen LogP contribution in [-0.2, 0) is 19.4 Å². The molecule has 4 aromatic rings. The third kappa shape index (κ3) is 10.3. The lowest BCUT2D eigenvalue weighted by molar-refractivity contribution is 0.468. The summed E-state index contributed by atoms with van der Waals surface area (Å²) in [6.07, 6.45) is 19.5. The molecule has 5 rings (SSSR count). The topological polar surface area (TPSA) is 70.1 Å². The molecule has 9 heteroatoms. The first-order chi connectivity index (χ1) is 20.2. The van der Waals surface area contributed by atoms with Gasteiger partial charge in [-0.15, -0.1) is 37.2 Å². The zero-order valence-corrected chi connectivity index (χ0v) is 28.8. The highest BCUT2D eigenvalue weighted by Gasteiger charge is 2.17. The molecule has 0 saturated carbocycles. The molecule has 0 unspecified atom stereocenters. The van der Waals surface area contributed by atoms with Gasteiger partial charge in [-0.2, -0.15) is 0 Å². The van der Waals surface area contributed by atoms with Gasteiger partial charge < -0.3 is 15.7 Å². The van der Waals surface area contributed by atoms with Crippen molar-refractivity contribution in [3.63, 3.8) is 0 Å². The molecule has 0 fully saturated rings. The molecular weight excluding hydrogens is 634 g/mol. The summed E-state index contributed by atoms with van der Waals surface area (Å²) < 4.78 is 0. The predicted octanol–water partition coefficient (Wildman–Crippen LogP) is 10.4. The van der Waals surface area contributed by atoms with E-state index in [9.17, 15) is 5.11 Å². The molecule has 0 saturated heterocycles. The highest BCUT2D eigenvalue weighted by atomic mass is 35.5. The van der Waals surface area contributed by atoms with E-state index < -0.39 is 0 Å². The van der Waals surface area contributed by atoms with Crippen molar-refractivity contribution in [2.75, 3.05) is 18.4 Å². The van der Waals surface area contributed by atoms with Gasteiger partial charge in [0.2, 0.25) is 0 Å². The third-order valence-electron chi connectivity index (χ3n) is 8.46. The van der Waals surface area contributed by atoms with E-state index in [0.29, 0.717) is 17.1 Å². The summed E-state index contributed by atoms with van der Waals surface area (Å²) in [4.78, 5) is 9.25. The Hall–Kier alpha value is -2.02. The number of halogens is 4. The van der Waals surface area contributed by atoms with Crippen molar-refractivity contribution in [2.24, 2.45) is 0 Å². The number of fused-ring (bicyclic) bond motifs is 3. The van der Waals surface area contributed by atoms with Crippen LogP contribution in [0.1, 0.15) is 93.9 Å². The van der Waals surface area contributed by atoms with Crippen molar-refractivity contribution in [3.8, 4) is 5.75 Å². The number of unbranched alkanes of at least 4 members (excludes halogenated alkanes) is 9. The minimum Gasteiger partial charge on any atom is -0.505 e. The van der Waals surface area contributed by atoms with Gasteiger partial charge in [0.15, 0.2) is 0 Å². The van der Waals surface area contributed by atoms with Gasteiger partial charge in [0.25, 0.3) is 0 Å². The average molecular weight is 683 g/mol. The third-order valence-corrected chi connectivity index (χ3v) is 8.77. The van der Waals surface area contributed by atoms with Crippen LogP contribution in [0.5, 0.6) is 5.75 Å². The fraction of sp³-hybridized carbons (Fsp3) is 0.486. The van der Waals surface area contributed by atoms with Crippen LogP contribution >= 0.6 is 48.8 Å². The summed E-state index contributed by atoms with van der Waals surface area (Å²) in [7, 11) is 0. The van der Waals surface area contributed by atoms with Gasteiger partial charge in [-0.3, -0.25) is 9.97 Å². The zero-order valence-electron chi connectivity index (χ0n) is 25.6. The summed E-state index contributed by atoms with van der Waals surface area (Å²) in [5, 5.41) is 20.5. The van der Waals surface area contributed by atoms with E-state index in [1.807, 2.05) is 18.2 Å². The fourth-order valence-electron chi connectivity index (χ4n) is 6.17. The van der Waals surface area contributed by atoms with E-state index in [4.69, 9.17) is 16.6 Å². The Labute approximate surface area is 286 Å². The van der Waals surface area contributed by atoms with E-state index >= 15 is 0 Å². The lowest BCUT2D eigenvalue weighted by Gasteiger charge is -2.21. The van der Waals surface area contributed by atoms with E-state index in [1.165, 1.54) is 93.0 Å². The predicted molar refractivity (Wildman–Crippen MR) is 195 cm³/mol. The van der Waals surface area contributed by atoms with E-state index in [0.717, 1.165) is 48.8 Å². The van der Waals surface area contributed by atoms with Crippen molar-refractivity contribution in [2.45, 2.75) is 96.4 Å². The van der Waals surface area contributed by atoms with Crippen LogP contribution in [-0.4, -0.2) is 28.2 Å². The molecule has 1 aliphatic rings. The molecule has 242 valence electrons. The highest BCUT2D eigenvalue weighted by Crippen LogP contribution is 2.34. The Morgan fingerprint density at radius 1 is 0.750 bits per heavy atom. The summed E-state index contributed by atoms with van der Waals surface area (Å²) in [5.41, 5.74) is 6.66. The maximum atomic E-state index is 10.5. The molecule has 2 heterocycles. The first-order valence-corrected chi connectivity index (χ1v) is 16.2. The van der Waals surface area contributed by atoms with Gasteiger partial charge >= 0.3 is 0 Å². The highest BCUT2D eigenvalue weighted by molar-refractivity contribution is 6.35. The number of nitrogens with one attached hydrogen (secondary N) is 2. The van der Waals surface area contributed by atoms with Gasteiger partial charge in [-0.05, 0) is 74.9 Å². The number of pyridine rings is 2. The molecule has 5 nitrogen and oxygen atoms in total. The summed E-state index contributed by atoms with van der Waals surface area (Å²) in [5.74, 6) is 0.231. The number of aromatic hydroxyl groups is 1. The summed E-state index contributed by atoms with van der Waals surface area (Å²) in [6.45, 7) is 2.61. The Balaban J connectivity index is 0.00000225. The molecule has 0 aliphatic heterocycles. The van der Waals surface area contributed by atoms with Gasteiger partial charge in [-0.1, -0.05) is 81.2 Å². The van der Waals surface area contributed by atoms with Gasteiger partial charge in [0.1, 0.15) is 11.3 Å². The fourth-order valence-corrected chi connectivity index (χ4v) is 6.46. The number of anilines is 1. The minimum atomic E-state index is 0. The van der Waals surface area contributed by atoms with Crippen LogP contribution in [0.25, 0.3) is 21.8 Å². The van der Waals surface area contributed by atoms with Crippen LogP contribution < -0.4 is 10.6 Å². The molecule has 0 atom stereocenters. The van der Waals surface area contributed by atoms with Crippen molar-refractivity contribution < 1.29 is 5.11 Å². The van der Waals surface area contributed by atoms with Crippen LogP contribution in [0.15, 0.2) is 48.7 Å². The van der Waals surface area contributed by atoms with Gasteiger partial charge in [0, 0.05) is 47.0 Å². The second kappa shape index (κ2) is 20.2. The molecule has 3 N–H and O–H groups in total. The van der Waals surface area contributed by atoms with Crippen LogP contribution in [0.3, 0.4) is 0 Å². The number of benzene rings is 2. The minimum absolute atomic E-state index is 0. The molecule has 1 aliphatic carbocycles. The second-order valence-corrected chi connectivity index (χ2v) is 11.9. The molecule has 0 amide bonds. The number of phenolic OH excluding ortho intramolecular Hbond substituents is 1. The molecule has 0 bridgehead atoms. The monoisotopic (exact) mass is 680 g/mol. The van der Waals surface area contributed by atoms with Crippen LogP contribution in [0.4, 0.5) is 5.69 Å². The first kappa shape index (κ1) is 38.2. The first-order valence-electron chi connectivity index (χ1n) is 15.8. The Morgan fingerprint density at radius 2 is 1.39 bits per heavy atom. The smallest absolute Gasteiger partial charge is 0.146 e. The maximum absolute atomic E-state index is 10.5. The quantitative estimate of drug-likeness (QED) is 0.103. The molecule has 44 heavy (non-hydrogen) atoms. The van der Waals surface area contributed by atoms with Crippen LogP contribution in [0.2, 0.25) is 5.02 Å². The van der Waals surface area contributed by atoms with Gasteiger partial charge in [-0.25, -0.2) is 0 Å². The molecular formula is C35H48Cl4N4O. The normalized spacial score (nSPS) is 12.2. The SMILES string of the molecule is Cl.Cl.Cl.Oc1c(CNCCCCCCCCCCCCNc2c3c(nc4ccccc24)CCCC3)cc(Cl)c2cccnc12. The number of aromatic nitrogens is 2. The Kier molecular flexibility index (Phi) is 17.5. The molecule has 2 aromatic heterocycles. The molecule has 2 aromatic carbocycles. The van der Waals surface area contributed by atoms with Crippen molar-refractivity contribution in [1.29, 1.82) is 0 Å². The Morgan fingerprint density at radius 3 is 2.14 bits per heavy atom. The maximum Gasteiger partial charge on any atom is 0.146 e. The molecule has 0 radical (unpaired) electrons.